The van der Waals surface area contributed by atoms with E-state index >= 15 is 0 Å². The van der Waals surface area contributed by atoms with Gasteiger partial charge in [-0.3, -0.25) is 4.79 Å². The number of hydrogen-bond acceptors (Lipinski definition) is 4. The monoisotopic (exact) mass is 370 g/mol. The Morgan fingerprint density at radius 2 is 2.00 bits per heavy atom. The summed E-state index contributed by atoms with van der Waals surface area (Å²) < 4.78 is 2.04. The van der Waals surface area contributed by atoms with Gasteiger partial charge in [-0.15, -0.1) is 16.8 Å². The van der Waals surface area contributed by atoms with Crippen molar-refractivity contribution < 1.29 is 4.79 Å². The standard InChI is InChI=1S/C20H26N4OS/c1-2-13-24-18(14-16-9-5-3-6-10-16)22-23-20(24)26-15-19(25)21-17-11-7-4-8-12-17/h2-3,5-6,9-10,17H,1,4,7-8,11-15H2,(H,21,25). The molecule has 1 aromatic heterocycles. The van der Waals surface area contributed by atoms with Crippen LogP contribution in [0, 0.1) is 0 Å². The first kappa shape index (κ1) is 18.7. The van der Waals surface area contributed by atoms with Crippen molar-refractivity contribution in [1.29, 1.82) is 0 Å². The number of carbonyl (C=O) groups excluding carboxylic acids is 1. The van der Waals surface area contributed by atoms with Crippen LogP contribution in [0.2, 0.25) is 0 Å². The third-order valence-electron chi connectivity index (χ3n) is 4.61. The highest BCUT2D eigenvalue weighted by molar-refractivity contribution is 7.99. The highest BCUT2D eigenvalue weighted by Gasteiger charge is 2.17. The molecule has 26 heavy (non-hydrogen) atoms. The Kier molecular flexibility index (Phi) is 6.89. The van der Waals surface area contributed by atoms with Gasteiger partial charge in [-0.1, -0.05) is 67.4 Å². The number of hydrogen-bond donors (Lipinski definition) is 1. The van der Waals surface area contributed by atoms with Gasteiger partial charge in [-0.05, 0) is 18.4 Å². The zero-order valence-corrected chi connectivity index (χ0v) is 15.9. The molecule has 0 aliphatic heterocycles. The number of benzene rings is 1. The molecule has 0 atom stereocenters. The van der Waals surface area contributed by atoms with E-state index in [1.54, 1.807) is 0 Å². The summed E-state index contributed by atoms with van der Waals surface area (Å²) in [7, 11) is 0. The second-order valence-electron chi connectivity index (χ2n) is 6.65. The lowest BCUT2D eigenvalue weighted by atomic mass is 9.95. The predicted octanol–water partition coefficient (Wildman–Crippen LogP) is 3.60. The fourth-order valence-electron chi connectivity index (χ4n) is 3.29. The summed E-state index contributed by atoms with van der Waals surface area (Å²) >= 11 is 1.44. The van der Waals surface area contributed by atoms with E-state index in [9.17, 15) is 4.79 Å². The topological polar surface area (TPSA) is 59.8 Å². The van der Waals surface area contributed by atoms with Crippen molar-refractivity contribution in [2.75, 3.05) is 5.75 Å². The molecule has 1 heterocycles. The maximum atomic E-state index is 12.2. The van der Waals surface area contributed by atoms with E-state index < -0.39 is 0 Å². The van der Waals surface area contributed by atoms with Crippen molar-refractivity contribution in [3.63, 3.8) is 0 Å². The van der Waals surface area contributed by atoms with Gasteiger partial charge < -0.3 is 9.88 Å². The van der Waals surface area contributed by atoms with Crippen LogP contribution >= 0.6 is 11.8 Å². The number of rotatable bonds is 8. The Labute approximate surface area is 159 Å². The first-order chi connectivity index (χ1) is 12.8. The summed E-state index contributed by atoms with van der Waals surface area (Å²) in [5.41, 5.74) is 1.19. The van der Waals surface area contributed by atoms with Crippen LogP contribution < -0.4 is 5.32 Å². The van der Waals surface area contributed by atoms with E-state index in [1.165, 1.54) is 36.6 Å². The van der Waals surface area contributed by atoms with Crippen LogP contribution in [-0.4, -0.2) is 32.5 Å². The molecular formula is C20H26N4OS. The molecule has 1 fully saturated rings. The van der Waals surface area contributed by atoms with E-state index in [0.29, 0.717) is 18.3 Å². The summed E-state index contributed by atoms with van der Waals surface area (Å²) in [5.74, 6) is 1.35. The number of amides is 1. The zero-order chi connectivity index (χ0) is 18.2. The fourth-order valence-corrected chi connectivity index (χ4v) is 4.07. The first-order valence-corrected chi connectivity index (χ1v) is 10.2. The number of thioether (sulfide) groups is 1. The molecule has 1 aromatic carbocycles. The minimum Gasteiger partial charge on any atom is -0.353 e. The molecule has 2 aromatic rings. The van der Waals surface area contributed by atoms with E-state index in [-0.39, 0.29) is 5.91 Å². The van der Waals surface area contributed by atoms with Crippen molar-refractivity contribution >= 4 is 17.7 Å². The van der Waals surface area contributed by atoms with Gasteiger partial charge in [0.2, 0.25) is 5.91 Å². The molecule has 5 nitrogen and oxygen atoms in total. The number of nitrogens with zero attached hydrogens (tertiary/aromatic N) is 3. The van der Waals surface area contributed by atoms with Gasteiger partial charge >= 0.3 is 0 Å². The van der Waals surface area contributed by atoms with E-state index in [0.717, 1.165) is 30.2 Å². The third-order valence-corrected chi connectivity index (χ3v) is 5.58. The van der Waals surface area contributed by atoms with Gasteiger partial charge in [0.1, 0.15) is 5.82 Å². The SMILES string of the molecule is C=CCn1c(Cc2ccccc2)nnc1SCC(=O)NC1CCCCC1. The van der Waals surface area contributed by atoms with Gasteiger partial charge in [0.05, 0.1) is 5.75 Å². The molecule has 0 spiro atoms. The zero-order valence-electron chi connectivity index (χ0n) is 15.1. The minimum absolute atomic E-state index is 0.0830. The van der Waals surface area contributed by atoms with Gasteiger partial charge in [-0.25, -0.2) is 0 Å². The normalized spacial score (nSPS) is 14.9. The van der Waals surface area contributed by atoms with Gasteiger partial charge in [0.15, 0.2) is 5.16 Å². The van der Waals surface area contributed by atoms with Crippen molar-refractivity contribution in [3.8, 4) is 0 Å². The van der Waals surface area contributed by atoms with Crippen molar-refractivity contribution in [2.24, 2.45) is 0 Å². The highest BCUT2D eigenvalue weighted by Crippen LogP contribution is 2.20. The van der Waals surface area contributed by atoms with Crippen LogP contribution in [0.3, 0.4) is 0 Å². The van der Waals surface area contributed by atoms with Crippen LogP contribution in [-0.2, 0) is 17.8 Å². The molecule has 138 valence electrons. The average molecular weight is 371 g/mol. The summed E-state index contributed by atoms with van der Waals surface area (Å²) in [5, 5.41) is 12.6. The Hall–Kier alpha value is -2.08. The quantitative estimate of drug-likeness (QED) is 0.570. The summed E-state index contributed by atoms with van der Waals surface area (Å²) in [6.45, 7) is 4.47. The minimum atomic E-state index is 0.0830. The van der Waals surface area contributed by atoms with E-state index in [4.69, 9.17) is 0 Å². The van der Waals surface area contributed by atoms with Crippen molar-refractivity contribution in [3.05, 3.63) is 54.4 Å². The van der Waals surface area contributed by atoms with Gasteiger partial charge in [0.25, 0.3) is 0 Å². The highest BCUT2D eigenvalue weighted by atomic mass is 32.2. The maximum Gasteiger partial charge on any atom is 0.230 e. The fraction of sp³-hybridized carbons (Fsp3) is 0.450. The predicted molar refractivity (Wildman–Crippen MR) is 105 cm³/mol. The van der Waals surface area contributed by atoms with Crippen molar-refractivity contribution in [1.82, 2.24) is 20.1 Å². The Balaban J connectivity index is 1.60. The molecular weight excluding hydrogens is 344 g/mol. The largest absolute Gasteiger partial charge is 0.353 e. The summed E-state index contributed by atoms with van der Waals surface area (Å²) in [6, 6.07) is 10.6. The van der Waals surface area contributed by atoms with Gasteiger partial charge in [0, 0.05) is 19.0 Å². The van der Waals surface area contributed by atoms with Crippen LogP contribution in [0.5, 0.6) is 0 Å². The second-order valence-corrected chi connectivity index (χ2v) is 7.59. The van der Waals surface area contributed by atoms with Crippen LogP contribution in [0.4, 0.5) is 0 Å². The van der Waals surface area contributed by atoms with Crippen molar-refractivity contribution in [2.45, 2.75) is 56.3 Å². The van der Waals surface area contributed by atoms with Gasteiger partial charge in [-0.2, -0.15) is 0 Å². The molecule has 3 rings (SSSR count). The summed E-state index contributed by atoms with van der Waals surface area (Å²) in [6.07, 6.45) is 8.48. The second kappa shape index (κ2) is 9.57. The van der Waals surface area contributed by atoms with Crippen LogP contribution in [0.15, 0.2) is 48.1 Å². The number of allylic oxidation sites excluding steroid dienone is 1. The first-order valence-electron chi connectivity index (χ1n) is 9.25. The Morgan fingerprint density at radius 1 is 1.23 bits per heavy atom. The van der Waals surface area contributed by atoms with E-state index in [2.05, 4.69) is 34.2 Å². The molecule has 1 N–H and O–H groups in total. The lowest BCUT2D eigenvalue weighted by Gasteiger charge is -2.22. The molecule has 1 amide bonds. The number of aromatic nitrogens is 3. The van der Waals surface area contributed by atoms with Crippen LogP contribution in [0.25, 0.3) is 0 Å². The Bertz CT molecular complexity index is 723. The molecule has 1 saturated carbocycles. The lowest BCUT2D eigenvalue weighted by molar-refractivity contribution is -0.119. The van der Waals surface area contributed by atoms with Crippen LogP contribution in [0.1, 0.15) is 43.5 Å². The molecule has 0 bridgehead atoms. The molecule has 6 heteroatoms. The Morgan fingerprint density at radius 3 is 2.73 bits per heavy atom. The molecule has 1 aliphatic rings. The molecule has 0 radical (unpaired) electrons. The summed E-state index contributed by atoms with van der Waals surface area (Å²) in [4.78, 5) is 12.2. The third kappa shape index (κ3) is 5.21. The smallest absolute Gasteiger partial charge is 0.230 e. The molecule has 1 aliphatic carbocycles. The number of carbonyl (C=O) groups is 1. The number of nitrogens with one attached hydrogen (secondary N) is 1. The molecule has 0 saturated heterocycles. The molecule has 0 unspecified atom stereocenters. The van der Waals surface area contributed by atoms with E-state index in [1.807, 2.05) is 28.8 Å². The average Bonchev–Trinajstić information content (AvgIpc) is 3.04. The maximum absolute atomic E-state index is 12.2. The lowest BCUT2D eigenvalue weighted by Crippen LogP contribution is -2.37.